The Kier molecular flexibility index (Phi) is 14.4. The van der Waals surface area contributed by atoms with Crippen molar-refractivity contribution in [2.75, 3.05) is 26.8 Å². The molecule has 0 aliphatic rings. The number of hydrogen-bond donors (Lipinski definition) is 2. The number of ether oxygens (including phenoxy) is 1. The minimum Gasteiger partial charge on any atom is -0.385 e. The van der Waals surface area contributed by atoms with Gasteiger partial charge in [0.1, 0.15) is 0 Å². The van der Waals surface area contributed by atoms with Crippen molar-refractivity contribution in [1.29, 1.82) is 0 Å². The van der Waals surface area contributed by atoms with Crippen LogP contribution in [0.3, 0.4) is 0 Å². The van der Waals surface area contributed by atoms with Gasteiger partial charge in [-0.1, -0.05) is 12.2 Å². The van der Waals surface area contributed by atoms with E-state index < -0.39 is 0 Å². The molecule has 0 bridgehead atoms. The van der Waals surface area contributed by atoms with E-state index in [0.29, 0.717) is 12.5 Å². The summed E-state index contributed by atoms with van der Waals surface area (Å²) in [5.41, 5.74) is 6.65. The molecule has 0 heterocycles. The van der Waals surface area contributed by atoms with Gasteiger partial charge >= 0.3 is 0 Å². The highest BCUT2D eigenvalue weighted by molar-refractivity contribution is 14.0. The molecule has 0 atom stereocenters. The van der Waals surface area contributed by atoms with Crippen molar-refractivity contribution in [3.8, 4) is 0 Å². The van der Waals surface area contributed by atoms with E-state index in [9.17, 15) is 0 Å². The number of guanidine groups is 1. The van der Waals surface area contributed by atoms with E-state index in [2.05, 4.69) is 16.9 Å². The van der Waals surface area contributed by atoms with Crippen molar-refractivity contribution in [3.63, 3.8) is 0 Å². The largest absolute Gasteiger partial charge is 0.385 e. The predicted octanol–water partition coefficient (Wildman–Crippen LogP) is 1.90. The maximum Gasteiger partial charge on any atom is 0.188 e. The van der Waals surface area contributed by atoms with E-state index >= 15 is 0 Å². The summed E-state index contributed by atoms with van der Waals surface area (Å²) in [6, 6.07) is 0. The fourth-order valence-electron chi connectivity index (χ4n) is 1.04. The molecule has 16 heavy (non-hydrogen) atoms. The van der Waals surface area contributed by atoms with E-state index in [0.717, 1.165) is 38.0 Å². The summed E-state index contributed by atoms with van der Waals surface area (Å²) in [7, 11) is 1.72. The van der Waals surface area contributed by atoms with Crippen LogP contribution in [0.2, 0.25) is 0 Å². The first-order chi connectivity index (χ1) is 7.16. The van der Waals surface area contributed by atoms with Gasteiger partial charge in [0.2, 0.25) is 0 Å². The van der Waals surface area contributed by atoms with E-state index in [1.165, 1.54) is 0 Å². The molecule has 0 amide bonds. The molecule has 0 radical (unpaired) electrons. The van der Waals surface area contributed by atoms with Crippen LogP contribution in [0, 0.1) is 0 Å². The molecule has 5 heteroatoms. The predicted molar refractivity (Wildman–Crippen MR) is 80.4 cm³/mol. The number of aliphatic imine (C=N–C) groups is 1. The first-order valence-corrected chi connectivity index (χ1v) is 5.34. The molecule has 0 unspecified atom stereocenters. The van der Waals surface area contributed by atoms with Gasteiger partial charge in [-0.15, -0.1) is 24.0 Å². The molecule has 4 nitrogen and oxygen atoms in total. The Bertz CT molecular complexity index is 207. The summed E-state index contributed by atoms with van der Waals surface area (Å²) in [5, 5.41) is 3.06. The third-order valence-corrected chi connectivity index (χ3v) is 1.85. The van der Waals surface area contributed by atoms with Crippen molar-refractivity contribution in [1.82, 2.24) is 5.32 Å². The lowest BCUT2D eigenvalue weighted by molar-refractivity contribution is 0.192. The maximum absolute atomic E-state index is 5.64. The van der Waals surface area contributed by atoms with Gasteiger partial charge in [-0.2, -0.15) is 0 Å². The SMILES string of the molecule is C=C(C)CN=C(N)NCCCCCOC.I. The molecule has 0 rings (SSSR count). The Labute approximate surface area is 116 Å². The molecular formula is C11H24IN3O. The monoisotopic (exact) mass is 341 g/mol. The van der Waals surface area contributed by atoms with Crippen LogP contribution in [0.25, 0.3) is 0 Å². The molecule has 3 N–H and O–H groups in total. The summed E-state index contributed by atoms with van der Waals surface area (Å²) in [4.78, 5) is 4.12. The fourth-order valence-corrected chi connectivity index (χ4v) is 1.04. The highest BCUT2D eigenvalue weighted by Crippen LogP contribution is 1.93. The van der Waals surface area contributed by atoms with E-state index in [1.54, 1.807) is 7.11 Å². The van der Waals surface area contributed by atoms with Crippen LogP contribution in [-0.2, 0) is 4.74 Å². The van der Waals surface area contributed by atoms with Crippen molar-refractivity contribution < 1.29 is 4.74 Å². The quantitative estimate of drug-likeness (QED) is 0.233. The van der Waals surface area contributed by atoms with Gasteiger partial charge in [0.05, 0.1) is 6.54 Å². The zero-order valence-corrected chi connectivity index (χ0v) is 12.6. The third-order valence-electron chi connectivity index (χ3n) is 1.85. The zero-order valence-electron chi connectivity index (χ0n) is 10.3. The number of rotatable bonds is 8. The minimum absolute atomic E-state index is 0. The third kappa shape index (κ3) is 13.7. The molecule has 0 spiro atoms. The molecule has 96 valence electrons. The van der Waals surface area contributed by atoms with Gasteiger partial charge < -0.3 is 15.8 Å². The van der Waals surface area contributed by atoms with Gasteiger partial charge in [-0.3, -0.25) is 0 Å². The van der Waals surface area contributed by atoms with E-state index in [1.807, 2.05) is 6.92 Å². The van der Waals surface area contributed by atoms with E-state index in [-0.39, 0.29) is 24.0 Å². The number of unbranched alkanes of at least 4 members (excludes halogenated alkanes) is 2. The number of methoxy groups -OCH3 is 1. The number of nitrogens with two attached hydrogens (primary N) is 1. The number of nitrogens with zero attached hydrogens (tertiary/aromatic N) is 1. The summed E-state index contributed by atoms with van der Waals surface area (Å²) >= 11 is 0. The zero-order chi connectivity index (χ0) is 11.5. The topological polar surface area (TPSA) is 59.6 Å². The molecule has 0 saturated heterocycles. The molecule has 0 aliphatic carbocycles. The Hall–Kier alpha value is -0.300. The Balaban J connectivity index is 0. The number of nitrogens with one attached hydrogen (secondary N) is 1. The summed E-state index contributed by atoms with van der Waals surface area (Å²) < 4.78 is 4.96. The highest BCUT2D eigenvalue weighted by atomic mass is 127. The summed E-state index contributed by atoms with van der Waals surface area (Å²) in [5.74, 6) is 0.504. The first-order valence-electron chi connectivity index (χ1n) is 5.34. The Morgan fingerprint density at radius 1 is 1.38 bits per heavy atom. The first kappa shape index (κ1) is 18.1. The van der Waals surface area contributed by atoms with E-state index in [4.69, 9.17) is 10.5 Å². The van der Waals surface area contributed by atoms with Crippen LogP contribution in [0.5, 0.6) is 0 Å². The highest BCUT2D eigenvalue weighted by Gasteiger charge is 1.92. The van der Waals surface area contributed by atoms with Crippen molar-refractivity contribution >= 4 is 29.9 Å². The summed E-state index contributed by atoms with van der Waals surface area (Å²) in [6.07, 6.45) is 3.34. The molecular weight excluding hydrogens is 317 g/mol. The summed E-state index contributed by atoms with van der Waals surface area (Å²) in [6.45, 7) is 7.99. The molecule has 0 saturated carbocycles. The van der Waals surface area contributed by atoms with Crippen molar-refractivity contribution in [3.05, 3.63) is 12.2 Å². The van der Waals surface area contributed by atoms with Crippen LogP contribution < -0.4 is 11.1 Å². The van der Waals surface area contributed by atoms with Crippen LogP contribution in [-0.4, -0.2) is 32.8 Å². The van der Waals surface area contributed by atoms with Gasteiger partial charge in [0, 0.05) is 20.3 Å². The Morgan fingerprint density at radius 3 is 2.62 bits per heavy atom. The smallest absolute Gasteiger partial charge is 0.188 e. The average Bonchev–Trinajstić information content (AvgIpc) is 2.20. The van der Waals surface area contributed by atoms with Gasteiger partial charge in [-0.05, 0) is 26.2 Å². The second-order valence-electron chi connectivity index (χ2n) is 3.64. The standard InChI is InChI=1S/C11H23N3O.HI/c1-10(2)9-14-11(12)13-7-5-4-6-8-15-3;/h1,4-9H2,2-3H3,(H3,12,13,14);1H. The normalized spacial score (nSPS) is 10.8. The molecule has 0 fully saturated rings. The van der Waals surface area contributed by atoms with Crippen LogP contribution in [0.15, 0.2) is 17.1 Å². The van der Waals surface area contributed by atoms with Crippen LogP contribution in [0.1, 0.15) is 26.2 Å². The maximum atomic E-state index is 5.64. The molecule has 0 aromatic carbocycles. The number of halogens is 1. The molecule has 0 aliphatic heterocycles. The van der Waals surface area contributed by atoms with Crippen LogP contribution in [0.4, 0.5) is 0 Å². The lowest BCUT2D eigenvalue weighted by atomic mass is 10.2. The second kappa shape index (κ2) is 12.8. The van der Waals surface area contributed by atoms with Crippen molar-refractivity contribution in [2.45, 2.75) is 26.2 Å². The fraction of sp³-hybridized carbons (Fsp3) is 0.727. The number of hydrogen-bond acceptors (Lipinski definition) is 2. The lowest BCUT2D eigenvalue weighted by Crippen LogP contribution is -2.32. The van der Waals surface area contributed by atoms with Gasteiger partial charge in [-0.25, -0.2) is 4.99 Å². The van der Waals surface area contributed by atoms with Gasteiger partial charge in [0.15, 0.2) is 5.96 Å². The molecule has 0 aromatic heterocycles. The molecule has 0 aromatic rings. The Morgan fingerprint density at radius 2 is 2.06 bits per heavy atom. The lowest BCUT2D eigenvalue weighted by Gasteiger charge is -2.05. The van der Waals surface area contributed by atoms with Crippen molar-refractivity contribution in [2.24, 2.45) is 10.7 Å². The minimum atomic E-state index is 0. The van der Waals surface area contributed by atoms with Gasteiger partial charge in [0.25, 0.3) is 0 Å². The average molecular weight is 341 g/mol. The second-order valence-corrected chi connectivity index (χ2v) is 3.64. The van der Waals surface area contributed by atoms with Crippen LogP contribution >= 0.6 is 24.0 Å².